The van der Waals surface area contributed by atoms with Crippen molar-refractivity contribution in [1.82, 2.24) is 10.3 Å². The van der Waals surface area contributed by atoms with Gasteiger partial charge in [-0.05, 0) is 24.0 Å². The largest absolute Gasteiger partial charge is 0.370 e. The number of rotatable bonds is 5. The van der Waals surface area contributed by atoms with Crippen molar-refractivity contribution in [2.45, 2.75) is 33.7 Å². The molecule has 0 saturated carbocycles. The first-order valence-corrected chi connectivity index (χ1v) is 6.10. The van der Waals surface area contributed by atoms with E-state index in [9.17, 15) is 0 Å². The van der Waals surface area contributed by atoms with Gasteiger partial charge in [-0.3, -0.25) is 4.98 Å². The molecule has 0 aromatic carbocycles. The molecule has 1 aromatic heterocycles. The number of nitrogens with zero attached hydrogens (tertiary/aromatic N) is 2. The van der Waals surface area contributed by atoms with Gasteiger partial charge in [0.2, 0.25) is 0 Å². The molecule has 4 heteroatoms. The van der Waals surface area contributed by atoms with Gasteiger partial charge in [-0.25, -0.2) is 4.99 Å². The van der Waals surface area contributed by atoms with Crippen LogP contribution in [0.1, 0.15) is 32.0 Å². The first-order chi connectivity index (χ1) is 8.13. The third kappa shape index (κ3) is 4.85. The number of nitrogens with one attached hydrogen (secondary N) is 1. The number of pyridine rings is 1. The molecule has 0 amide bonds. The van der Waals surface area contributed by atoms with Gasteiger partial charge in [-0.15, -0.1) is 0 Å². The van der Waals surface area contributed by atoms with Crippen molar-refractivity contribution >= 4 is 5.96 Å². The summed E-state index contributed by atoms with van der Waals surface area (Å²) in [6, 6.07) is 4.03. The van der Waals surface area contributed by atoms with Crippen molar-refractivity contribution in [2.24, 2.45) is 16.6 Å². The highest BCUT2D eigenvalue weighted by atomic mass is 15.1. The zero-order valence-electron chi connectivity index (χ0n) is 10.9. The van der Waals surface area contributed by atoms with Crippen molar-refractivity contribution in [1.29, 1.82) is 0 Å². The summed E-state index contributed by atoms with van der Waals surface area (Å²) in [5, 5.41) is 3.09. The Bertz CT molecular complexity index is 371. The highest BCUT2D eigenvalue weighted by molar-refractivity contribution is 5.77. The van der Waals surface area contributed by atoms with Gasteiger partial charge >= 0.3 is 0 Å². The van der Waals surface area contributed by atoms with Gasteiger partial charge in [-0.1, -0.05) is 26.8 Å². The van der Waals surface area contributed by atoms with Crippen LogP contribution in [0.15, 0.2) is 23.3 Å². The summed E-state index contributed by atoms with van der Waals surface area (Å²) in [4.78, 5) is 8.62. The Kier molecular flexibility index (Phi) is 5.46. The number of aryl methyl sites for hydroxylation is 1. The maximum atomic E-state index is 5.77. The summed E-state index contributed by atoms with van der Waals surface area (Å²) in [7, 11) is 0. The minimum atomic E-state index is 0.492. The van der Waals surface area contributed by atoms with E-state index in [4.69, 9.17) is 5.73 Å². The van der Waals surface area contributed by atoms with Crippen LogP contribution in [0.4, 0.5) is 0 Å². The summed E-state index contributed by atoms with van der Waals surface area (Å²) in [6.45, 7) is 7.77. The fourth-order valence-corrected chi connectivity index (χ4v) is 1.46. The van der Waals surface area contributed by atoms with Gasteiger partial charge in [0.25, 0.3) is 0 Å². The van der Waals surface area contributed by atoms with Gasteiger partial charge in [0.15, 0.2) is 5.96 Å². The molecule has 4 nitrogen and oxygen atoms in total. The van der Waals surface area contributed by atoms with E-state index in [1.165, 1.54) is 5.56 Å². The summed E-state index contributed by atoms with van der Waals surface area (Å²) >= 11 is 0. The lowest BCUT2D eigenvalue weighted by molar-refractivity contribution is 0.621. The lowest BCUT2D eigenvalue weighted by Gasteiger charge is -2.08. The van der Waals surface area contributed by atoms with Crippen LogP contribution in [0.2, 0.25) is 0 Å². The van der Waals surface area contributed by atoms with E-state index in [2.05, 4.69) is 42.1 Å². The van der Waals surface area contributed by atoms with Crippen LogP contribution in [0.3, 0.4) is 0 Å². The number of guanidine groups is 1. The smallest absolute Gasteiger partial charge is 0.188 e. The standard InChI is InChI=1S/C13H22N4/c1-4-11-6-5-7-15-12(11)9-17-13(14)16-8-10(2)3/h5-7,10H,4,8-9H2,1-3H3,(H3,14,16,17). The lowest BCUT2D eigenvalue weighted by atomic mass is 10.1. The van der Waals surface area contributed by atoms with Crippen molar-refractivity contribution in [3.05, 3.63) is 29.6 Å². The van der Waals surface area contributed by atoms with Crippen LogP contribution >= 0.6 is 0 Å². The second-order valence-corrected chi connectivity index (χ2v) is 4.44. The Labute approximate surface area is 103 Å². The molecule has 1 heterocycles. The van der Waals surface area contributed by atoms with Crippen LogP contribution < -0.4 is 11.1 Å². The van der Waals surface area contributed by atoms with E-state index in [0.29, 0.717) is 18.4 Å². The van der Waals surface area contributed by atoms with Gasteiger partial charge in [-0.2, -0.15) is 0 Å². The zero-order chi connectivity index (χ0) is 12.7. The molecule has 1 rings (SSSR count). The van der Waals surface area contributed by atoms with E-state index >= 15 is 0 Å². The molecule has 3 N–H and O–H groups in total. The van der Waals surface area contributed by atoms with Gasteiger partial charge in [0, 0.05) is 12.7 Å². The van der Waals surface area contributed by atoms with E-state index in [-0.39, 0.29) is 0 Å². The number of nitrogens with two attached hydrogens (primary N) is 1. The van der Waals surface area contributed by atoms with Crippen LogP contribution in [-0.4, -0.2) is 17.5 Å². The summed E-state index contributed by atoms with van der Waals surface area (Å²) in [6.07, 6.45) is 2.76. The van der Waals surface area contributed by atoms with E-state index in [1.807, 2.05) is 6.07 Å². The molecular weight excluding hydrogens is 212 g/mol. The Morgan fingerprint density at radius 3 is 2.94 bits per heavy atom. The Balaban J connectivity index is 2.56. The topological polar surface area (TPSA) is 63.3 Å². The van der Waals surface area contributed by atoms with Crippen molar-refractivity contribution in [3.8, 4) is 0 Å². The normalized spacial score (nSPS) is 11.9. The molecule has 0 saturated heterocycles. The highest BCUT2D eigenvalue weighted by Crippen LogP contribution is 2.06. The second-order valence-electron chi connectivity index (χ2n) is 4.44. The highest BCUT2D eigenvalue weighted by Gasteiger charge is 2.01. The number of hydrogen-bond donors (Lipinski definition) is 2. The molecule has 0 atom stereocenters. The molecule has 0 unspecified atom stereocenters. The molecule has 0 aliphatic heterocycles. The van der Waals surface area contributed by atoms with Crippen LogP contribution in [0.5, 0.6) is 0 Å². The first kappa shape index (κ1) is 13.5. The quantitative estimate of drug-likeness (QED) is 0.602. The molecule has 0 radical (unpaired) electrons. The van der Waals surface area contributed by atoms with Crippen molar-refractivity contribution < 1.29 is 0 Å². The van der Waals surface area contributed by atoms with Gasteiger partial charge in [0.1, 0.15) is 0 Å². The number of hydrogen-bond acceptors (Lipinski definition) is 2. The third-order valence-corrected chi connectivity index (χ3v) is 2.46. The average molecular weight is 234 g/mol. The molecule has 0 bridgehead atoms. The fraction of sp³-hybridized carbons (Fsp3) is 0.538. The van der Waals surface area contributed by atoms with Crippen LogP contribution in [0, 0.1) is 5.92 Å². The molecule has 0 aliphatic carbocycles. The second kappa shape index (κ2) is 6.89. The molecular formula is C13H22N4. The summed E-state index contributed by atoms with van der Waals surface area (Å²) in [5.41, 5.74) is 8.01. The van der Waals surface area contributed by atoms with Crippen molar-refractivity contribution in [2.75, 3.05) is 6.54 Å². The Morgan fingerprint density at radius 2 is 2.29 bits per heavy atom. The Morgan fingerprint density at radius 1 is 1.53 bits per heavy atom. The monoisotopic (exact) mass is 234 g/mol. The summed E-state index contributed by atoms with van der Waals surface area (Å²) < 4.78 is 0. The lowest BCUT2D eigenvalue weighted by Crippen LogP contribution is -2.34. The predicted molar refractivity (Wildman–Crippen MR) is 71.8 cm³/mol. The molecule has 17 heavy (non-hydrogen) atoms. The predicted octanol–water partition coefficient (Wildman–Crippen LogP) is 1.70. The molecule has 0 spiro atoms. The number of aromatic nitrogens is 1. The SMILES string of the molecule is CCc1cccnc1CN=C(N)NCC(C)C. The van der Waals surface area contributed by atoms with Crippen LogP contribution in [-0.2, 0) is 13.0 Å². The maximum absolute atomic E-state index is 5.77. The average Bonchev–Trinajstić information content (AvgIpc) is 2.34. The molecule has 94 valence electrons. The fourth-order valence-electron chi connectivity index (χ4n) is 1.46. The Hall–Kier alpha value is -1.58. The zero-order valence-corrected chi connectivity index (χ0v) is 10.9. The summed E-state index contributed by atoms with van der Waals surface area (Å²) in [5.74, 6) is 1.05. The van der Waals surface area contributed by atoms with E-state index in [0.717, 1.165) is 18.7 Å². The minimum Gasteiger partial charge on any atom is -0.370 e. The molecule has 1 aromatic rings. The maximum Gasteiger partial charge on any atom is 0.188 e. The minimum absolute atomic E-state index is 0.492. The molecule has 0 fully saturated rings. The number of aliphatic imine (C=N–C) groups is 1. The van der Waals surface area contributed by atoms with Gasteiger partial charge < -0.3 is 11.1 Å². The molecule has 0 aliphatic rings. The van der Waals surface area contributed by atoms with Crippen LogP contribution in [0.25, 0.3) is 0 Å². The third-order valence-electron chi connectivity index (χ3n) is 2.46. The van der Waals surface area contributed by atoms with E-state index < -0.39 is 0 Å². The van der Waals surface area contributed by atoms with Crippen molar-refractivity contribution in [3.63, 3.8) is 0 Å². The van der Waals surface area contributed by atoms with Gasteiger partial charge in [0.05, 0.1) is 12.2 Å². The first-order valence-electron chi connectivity index (χ1n) is 6.10. The van der Waals surface area contributed by atoms with E-state index in [1.54, 1.807) is 6.20 Å².